The molecule has 2 aromatic rings. The smallest absolute Gasteiger partial charge is 0.117 e. The molecule has 1 saturated heterocycles. The Kier molecular flexibility index (Phi) is 3.99. The lowest BCUT2D eigenvalue weighted by atomic mass is 9.97. The number of rotatable bonds is 4. The van der Waals surface area contributed by atoms with Gasteiger partial charge in [0.2, 0.25) is 0 Å². The van der Waals surface area contributed by atoms with Crippen molar-refractivity contribution < 1.29 is 0 Å². The molecule has 3 nitrogen and oxygen atoms in total. The van der Waals surface area contributed by atoms with Crippen LogP contribution in [0.1, 0.15) is 19.8 Å². The van der Waals surface area contributed by atoms with Crippen LogP contribution in [0.4, 0.5) is 5.00 Å². The van der Waals surface area contributed by atoms with E-state index in [0.717, 1.165) is 18.0 Å². The molecule has 1 aromatic heterocycles. The number of likely N-dealkylation sites (tertiary alicyclic amines) is 1. The molecule has 19 heavy (non-hydrogen) atoms. The molecule has 0 radical (unpaired) electrons. The molecule has 1 aromatic carbocycles. The van der Waals surface area contributed by atoms with Crippen molar-refractivity contribution in [1.29, 1.82) is 0 Å². The fraction of sp³-hybridized carbons (Fsp3) is 0.533. The Morgan fingerprint density at radius 3 is 2.89 bits per heavy atom. The van der Waals surface area contributed by atoms with Gasteiger partial charge in [-0.2, -0.15) is 4.37 Å². The molecule has 3 rings (SSSR count). The average molecular weight is 275 g/mol. The second-order valence-corrected chi connectivity index (χ2v) is 6.06. The summed E-state index contributed by atoms with van der Waals surface area (Å²) in [6.07, 6.45) is 2.63. The van der Waals surface area contributed by atoms with Crippen molar-refractivity contribution in [3.8, 4) is 0 Å². The normalized spacial score (nSPS) is 17.9. The number of hydrogen-bond acceptors (Lipinski definition) is 4. The van der Waals surface area contributed by atoms with E-state index in [1.165, 1.54) is 42.9 Å². The zero-order chi connectivity index (χ0) is 13.1. The van der Waals surface area contributed by atoms with Gasteiger partial charge in [0.1, 0.15) is 5.00 Å². The van der Waals surface area contributed by atoms with Gasteiger partial charge in [-0.05, 0) is 62.1 Å². The van der Waals surface area contributed by atoms with Gasteiger partial charge in [-0.15, -0.1) is 0 Å². The number of nitrogens with zero attached hydrogens (tertiary/aromatic N) is 2. The Balaban J connectivity index is 1.58. The van der Waals surface area contributed by atoms with Gasteiger partial charge in [0, 0.05) is 11.9 Å². The standard InChI is InChI=1S/C15H21N3S/c1-2-18-9-7-12(8-10-18)11-16-15-13-5-3-4-6-14(13)17-19-15/h3-6,12,16H,2,7-11H2,1H3. The summed E-state index contributed by atoms with van der Waals surface area (Å²) in [5.41, 5.74) is 1.11. The van der Waals surface area contributed by atoms with Gasteiger partial charge >= 0.3 is 0 Å². The van der Waals surface area contributed by atoms with E-state index in [4.69, 9.17) is 0 Å². The maximum atomic E-state index is 4.48. The van der Waals surface area contributed by atoms with Gasteiger partial charge in [0.25, 0.3) is 0 Å². The molecule has 0 aliphatic carbocycles. The lowest BCUT2D eigenvalue weighted by molar-refractivity contribution is 0.198. The van der Waals surface area contributed by atoms with Crippen LogP contribution in [0.3, 0.4) is 0 Å². The highest BCUT2D eigenvalue weighted by atomic mass is 32.1. The molecule has 4 heteroatoms. The molecular formula is C15H21N3S. The van der Waals surface area contributed by atoms with Crippen molar-refractivity contribution >= 4 is 27.4 Å². The summed E-state index contributed by atoms with van der Waals surface area (Å²) >= 11 is 1.58. The monoisotopic (exact) mass is 275 g/mol. The predicted octanol–water partition coefficient (Wildman–Crippen LogP) is 3.44. The molecule has 0 unspecified atom stereocenters. The van der Waals surface area contributed by atoms with Crippen LogP contribution in [0.2, 0.25) is 0 Å². The minimum Gasteiger partial charge on any atom is -0.375 e. The van der Waals surface area contributed by atoms with Crippen LogP contribution >= 0.6 is 11.5 Å². The maximum Gasteiger partial charge on any atom is 0.117 e. The first-order chi connectivity index (χ1) is 9.36. The van der Waals surface area contributed by atoms with Crippen LogP contribution in [0.15, 0.2) is 24.3 Å². The first-order valence-electron chi connectivity index (χ1n) is 7.17. The zero-order valence-corrected chi connectivity index (χ0v) is 12.2. The van der Waals surface area contributed by atoms with Crippen molar-refractivity contribution in [3.63, 3.8) is 0 Å². The number of aromatic nitrogens is 1. The average Bonchev–Trinajstić information content (AvgIpc) is 2.89. The molecular weight excluding hydrogens is 254 g/mol. The van der Waals surface area contributed by atoms with Crippen LogP contribution in [0.5, 0.6) is 0 Å². The van der Waals surface area contributed by atoms with Crippen LogP contribution < -0.4 is 5.32 Å². The molecule has 0 spiro atoms. The van der Waals surface area contributed by atoms with E-state index in [9.17, 15) is 0 Å². The van der Waals surface area contributed by atoms with Gasteiger partial charge < -0.3 is 10.2 Å². The Morgan fingerprint density at radius 2 is 2.11 bits per heavy atom. The fourth-order valence-corrected chi connectivity index (χ4v) is 3.53. The van der Waals surface area contributed by atoms with E-state index >= 15 is 0 Å². The minimum absolute atomic E-state index is 0.809. The van der Waals surface area contributed by atoms with Gasteiger partial charge in [-0.25, -0.2) is 0 Å². The topological polar surface area (TPSA) is 28.2 Å². The lowest BCUT2D eigenvalue weighted by Gasteiger charge is -2.31. The van der Waals surface area contributed by atoms with Crippen LogP contribution in [-0.2, 0) is 0 Å². The molecule has 1 aliphatic rings. The number of nitrogens with one attached hydrogen (secondary N) is 1. The molecule has 1 aliphatic heterocycles. The Morgan fingerprint density at radius 1 is 1.32 bits per heavy atom. The molecule has 0 amide bonds. The van der Waals surface area contributed by atoms with Crippen molar-refractivity contribution in [2.75, 3.05) is 31.5 Å². The summed E-state index contributed by atoms with van der Waals surface area (Å²) in [6.45, 7) is 7.05. The number of piperidine rings is 1. The first-order valence-corrected chi connectivity index (χ1v) is 7.95. The minimum atomic E-state index is 0.809. The van der Waals surface area contributed by atoms with Gasteiger partial charge in [0.05, 0.1) is 5.52 Å². The first kappa shape index (κ1) is 12.9. The molecule has 0 atom stereocenters. The summed E-state index contributed by atoms with van der Waals surface area (Å²) in [4.78, 5) is 2.54. The van der Waals surface area contributed by atoms with Gasteiger partial charge in [0.15, 0.2) is 0 Å². The van der Waals surface area contributed by atoms with Crippen molar-refractivity contribution in [2.45, 2.75) is 19.8 Å². The fourth-order valence-electron chi connectivity index (χ4n) is 2.76. The third-order valence-electron chi connectivity index (χ3n) is 4.09. The quantitative estimate of drug-likeness (QED) is 0.926. The van der Waals surface area contributed by atoms with Gasteiger partial charge in [-0.3, -0.25) is 0 Å². The van der Waals surface area contributed by atoms with Crippen molar-refractivity contribution in [1.82, 2.24) is 9.27 Å². The molecule has 1 N–H and O–H groups in total. The Hall–Kier alpha value is -1.13. The molecule has 0 saturated carbocycles. The highest BCUT2D eigenvalue weighted by Gasteiger charge is 2.18. The number of hydrogen-bond donors (Lipinski definition) is 1. The third kappa shape index (κ3) is 2.90. The molecule has 2 heterocycles. The number of fused-ring (bicyclic) bond motifs is 1. The highest BCUT2D eigenvalue weighted by molar-refractivity contribution is 7.11. The van der Waals surface area contributed by atoms with Crippen molar-refractivity contribution in [2.24, 2.45) is 5.92 Å². The van der Waals surface area contributed by atoms with E-state index < -0.39 is 0 Å². The summed E-state index contributed by atoms with van der Waals surface area (Å²) < 4.78 is 4.48. The zero-order valence-electron chi connectivity index (χ0n) is 11.4. The molecule has 0 bridgehead atoms. The highest BCUT2D eigenvalue weighted by Crippen LogP contribution is 2.28. The second kappa shape index (κ2) is 5.88. The molecule has 1 fully saturated rings. The number of benzene rings is 1. The van der Waals surface area contributed by atoms with Gasteiger partial charge in [-0.1, -0.05) is 19.1 Å². The second-order valence-electron chi connectivity index (χ2n) is 5.29. The molecule has 102 valence electrons. The summed E-state index contributed by atoms with van der Waals surface area (Å²) in [7, 11) is 0. The van der Waals surface area contributed by atoms with Crippen LogP contribution in [-0.4, -0.2) is 35.5 Å². The summed E-state index contributed by atoms with van der Waals surface area (Å²) in [5.74, 6) is 0.809. The van der Waals surface area contributed by atoms with E-state index in [1.807, 2.05) is 6.07 Å². The predicted molar refractivity (Wildman–Crippen MR) is 82.9 cm³/mol. The van der Waals surface area contributed by atoms with Crippen LogP contribution in [0, 0.1) is 5.92 Å². The van der Waals surface area contributed by atoms with E-state index in [-0.39, 0.29) is 0 Å². The lowest BCUT2D eigenvalue weighted by Crippen LogP contribution is -2.35. The maximum absolute atomic E-state index is 4.48. The van der Waals surface area contributed by atoms with E-state index in [1.54, 1.807) is 11.5 Å². The summed E-state index contributed by atoms with van der Waals surface area (Å²) in [5, 5.41) is 6.10. The Labute approximate surface area is 118 Å². The summed E-state index contributed by atoms with van der Waals surface area (Å²) in [6, 6.07) is 8.37. The van der Waals surface area contributed by atoms with Crippen LogP contribution in [0.25, 0.3) is 10.9 Å². The SMILES string of the molecule is CCN1CCC(CNc2snc3ccccc23)CC1. The Bertz CT molecular complexity index is 529. The number of anilines is 1. The van der Waals surface area contributed by atoms with E-state index in [0.29, 0.717) is 0 Å². The third-order valence-corrected chi connectivity index (χ3v) is 4.92. The van der Waals surface area contributed by atoms with Crippen molar-refractivity contribution in [3.05, 3.63) is 24.3 Å². The van der Waals surface area contributed by atoms with E-state index in [2.05, 4.69) is 39.7 Å². The largest absolute Gasteiger partial charge is 0.375 e.